The molecule has 0 aliphatic heterocycles. The molecule has 0 unspecified atom stereocenters. The summed E-state index contributed by atoms with van der Waals surface area (Å²) in [6.45, 7) is 10.6. The van der Waals surface area contributed by atoms with Crippen LogP contribution in [0.15, 0.2) is 30.6 Å². The number of fused-ring (bicyclic) bond motifs is 1. The van der Waals surface area contributed by atoms with E-state index in [4.69, 9.17) is 4.98 Å². The van der Waals surface area contributed by atoms with Crippen molar-refractivity contribution >= 4 is 34.3 Å². The summed E-state index contributed by atoms with van der Waals surface area (Å²) in [5.41, 5.74) is 3.50. The Balaban J connectivity index is 1.78. The highest BCUT2D eigenvalue weighted by Gasteiger charge is 2.14. The summed E-state index contributed by atoms with van der Waals surface area (Å²) in [6, 6.07) is 9.13. The number of hydrogen-bond donors (Lipinski definition) is 3. The highest BCUT2D eigenvalue weighted by atomic mass is 15.2. The highest BCUT2D eigenvalue weighted by Crippen LogP contribution is 2.23. The van der Waals surface area contributed by atoms with E-state index in [1.165, 1.54) is 0 Å². The predicted molar refractivity (Wildman–Crippen MR) is 121 cm³/mol. The van der Waals surface area contributed by atoms with Crippen LogP contribution in [-0.2, 0) is 0 Å². The summed E-state index contributed by atoms with van der Waals surface area (Å²) >= 11 is 0. The van der Waals surface area contributed by atoms with Crippen molar-refractivity contribution in [2.75, 3.05) is 42.7 Å². The van der Waals surface area contributed by atoms with E-state index >= 15 is 0 Å². The van der Waals surface area contributed by atoms with Crippen LogP contribution in [0, 0.1) is 0 Å². The van der Waals surface area contributed by atoms with Crippen LogP contribution in [0.25, 0.3) is 11.2 Å². The van der Waals surface area contributed by atoms with Gasteiger partial charge >= 0.3 is 0 Å². The summed E-state index contributed by atoms with van der Waals surface area (Å²) in [6.07, 6.45) is 1.65. The van der Waals surface area contributed by atoms with Gasteiger partial charge in [0.25, 0.3) is 0 Å². The van der Waals surface area contributed by atoms with Crippen molar-refractivity contribution in [3.8, 4) is 0 Å². The molecule has 1 aromatic carbocycles. The quantitative estimate of drug-likeness (QED) is 0.508. The minimum atomic E-state index is 0.496. The number of benzene rings is 1. The molecule has 0 aliphatic carbocycles. The van der Waals surface area contributed by atoms with Gasteiger partial charge in [0, 0.05) is 50.6 Å². The molecular formula is C21H32N8. The Kier molecular flexibility index (Phi) is 6.53. The molecule has 29 heavy (non-hydrogen) atoms. The molecule has 8 nitrogen and oxygen atoms in total. The smallest absolute Gasteiger partial charge is 0.231 e. The fraction of sp³-hybridized carbons (Fsp3) is 0.476. The molecule has 3 rings (SSSR count). The maximum Gasteiger partial charge on any atom is 0.231 e. The lowest BCUT2D eigenvalue weighted by molar-refractivity contribution is 0.182. The molecular weight excluding hydrogens is 364 g/mol. The van der Waals surface area contributed by atoms with Crippen LogP contribution in [0.1, 0.15) is 27.7 Å². The molecule has 0 saturated carbocycles. The molecule has 2 aromatic heterocycles. The molecule has 8 heteroatoms. The minimum absolute atomic E-state index is 0.496. The van der Waals surface area contributed by atoms with Crippen molar-refractivity contribution in [1.82, 2.24) is 24.8 Å². The van der Waals surface area contributed by atoms with Gasteiger partial charge < -0.3 is 20.5 Å². The van der Waals surface area contributed by atoms with Gasteiger partial charge in [-0.25, -0.2) is 4.98 Å². The number of hydrogen-bond acceptors (Lipinski definition) is 7. The molecule has 0 bridgehead atoms. The molecule has 0 radical (unpaired) electrons. The van der Waals surface area contributed by atoms with Gasteiger partial charge in [-0.05, 0) is 45.9 Å². The number of rotatable bonds is 9. The van der Waals surface area contributed by atoms with Crippen molar-refractivity contribution in [3.63, 3.8) is 0 Å². The van der Waals surface area contributed by atoms with Gasteiger partial charge in [0.1, 0.15) is 5.52 Å². The van der Waals surface area contributed by atoms with Gasteiger partial charge in [0.2, 0.25) is 5.95 Å². The number of aromatic amines is 1. The normalized spacial score (nSPS) is 11.6. The van der Waals surface area contributed by atoms with Crippen LogP contribution in [-0.4, -0.2) is 64.1 Å². The standard InChI is InChI=1S/C21H32N8/c1-14(2)29(15(3)4)11-10-22-19-18-20(24-13-23-18)27-21(26-19)25-16-8-7-9-17(12-16)28(5)6/h7-9,12-15H,10-11H2,1-6H3,(H3,22,23,24,25,26,27). The number of nitrogens with zero attached hydrogens (tertiary/aromatic N) is 5. The van der Waals surface area contributed by atoms with E-state index in [9.17, 15) is 0 Å². The Labute approximate surface area is 172 Å². The van der Waals surface area contributed by atoms with Gasteiger partial charge in [-0.3, -0.25) is 4.90 Å². The Bertz CT molecular complexity index is 923. The van der Waals surface area contributed by atoms with Crippen molar-refractivity contribution in [2.45, 2.75) is 39.8 Å². The number of anilines is 4. The first kappa shape index (κ1) is 20.9. The Morgan fingerprint density at radius 2 is 1.83 bits per heavy atom. The Morgan fingerprint density at radius 3 is 2.52 bits per heavy atom. The highest BCUT2D eigenvalue weighted by molar-refractivity contribution is 5.84. The van der Waals surface area contributed by atoms with Crippen LogP contribution >= 0.6 is 0 Å². The van der Waals surface area contributed by atoms with Crippen molar-refractivity contribution in [3.05, 3.63) is 30.6 Å². The molecule has 3 aromatic rings. The second kappa shape index (κ2) is 9.09. The van der Waals surface area contributed by atoms with Gasteiger partial charge in [0.05, 0.1) is 6.33 Å². The Morgan fingerprint density at radius 1 is 1.07 bits per heavy atom. The zero-order valence-corrected chi connectivity index (χ0v) is 18.2. The topological polar surface area (TPSA) is 85.0 Å². The zero-order chi connectivity index (χ0) is 21.0. The maximum absolute atomic E-state index is 4.69. The van der Waals surface area contributed by atoms with Gasteiger partial charge in [-0.15, -0.1) is 0 Å². The van der Waals surface area contributed by atoms with Crippen molar-refractivity contribution < 1.29 is 0 Å². The van der Waals surface area contributed by atoms with Gasteiger partial charge in [0.15, 0.2) is 11.5 Å². The second-order valence-corrected chi connectivity index (χ2v) is 7.92. The summed E-state index contributed by atoms with van der Waals surface area (Å²) in [5, 5.41) is 6.76. The van der Waals surface area contributed by atoms with E-state index in [1.807, 2.05) is 26.2 Å². The maximum atomic E-state index is 4.69. The number of imidazole rings is 1. The SMILES string of the molecule is CC(C)N(CCNc1nc(Nc2cccc(N(C)C)c2)nc2nc[nH]c12)C(C)C. The summed E-state index contributed by atoms with van der Waals surface area (Å²) in [4.78, 5) is 21.2. The van der Waals surface area contributed by atoms with Crippen LogP contribution in [0.5, 0.6) is 0 Å². The van der Waals surface area contributed by atoms with Crippen LogP contribution in [0.3, 0.4) is 0 Å². The lowest BCUT2D eigenvalue weighted by atomic mass is 10.2. The van der Waals surface area contributed by atoms with Gasteiger partial charge in [-0.1, -0.05) is 6.07 Å². The van der Waals surface area contributed by atoms with Crippen molar-refractivity contribution in [2.24, 2.45) is 0 Å². The average Bonchev–Trinajstić information content (AvgIpc) is 3.13. The zero-order valence-electron chi connectivity index (χ0n) is 18.2. The van der Waals surface area contributed by atoms with Gasteiger partial charge in [-0.2, -0.15) is 9.97 Å². The first-order valence-corrected chi connectivity index (χ1v) is 10.1. The predicted octanol–water partition coefficient (Wildman–Crippen LogP) is 3.69. The molecule has 0 atom stereocenters. The number of H-pyrrole nitrogens is 1. The molecule has 0 aliphatic rings. The van der Waals surface area contributed by atoms with E-state index < -0.39 is 0 Å². The fourth-order valence-corrected chi connectivity index (χ4v) is 3.42. The Hall–Kier alpha value is -2.87. The lowest BCUT2D eigenvalue weighted by Crippen LogP contribution is -2.40. The molecule has 2 heterocycles. The number of nitrogens with one attached hydrogen (secondary N) is 3. The molecule has 0 amide bonds. The minimum Gasteiger partial charge on any atom is -0.378 e. The third kappa shape index (κ3) is 5.14. The third-order valence-electron chi connectivity index (χ3n) is 4.89. The summed E-state index contributed by atoms with van der Waals surface area (Å²) in [7, 11) is 4.04. The lowest BCUT2D eigenvalue weighted by Gasteiger charge is -2.30. The fourth-order valence-electron chi connectivity index (χ4n) is 3.42. The molecule has 0 fully saturated rings. The first-order valence-electron chi connectivity index (χ1n) is 10.1. The third-order valence-corrected chi connectivity index (χ3v) is 4.89. The van der Waals surface area contributed by atoms with E-state index in [-0.39, 0.29) is 0 Å². The first-order chi connectivity index (χ1) is 13.8. The largest absolute Gasteiger partial charge is 0.378 e. The van der Waals surface area contributed by atoms with Crippen molar-refractivity contribution in [1.29, 1.82) is 0 Å². The summed E-state index contributed by atoms with van der Waals surface area (Å²) in [5.74, 6) is 1.28. The van der Waals surface area contributed by atoms with Crippen LogP contribution in [0.4, 0.5) is 23.1 Å². The monoisotopic (exact) mass is 396 g/mol. The van der Waals surface area contributed by atoms with Crippen LogP contribution < -0.4 is 15.5 Å². The molecule has 3 N–H and O–H groups in total. The van der Waals surface area contributed by atoms with E-state index in [1.54, 1.807) is 6.33 Å². The molecule has 156 valence electrons. The van der Waals surface area contributed by atoms with E-state index in [2.05, 4.69) is 75.2 Å². The molecule has 0 spiro atoms. The second-order valence-electron chi connectivity index (χ2n) is 7.92. The summed E-state index contributed by atoms with van der Waals surface area (Å²) < 4.78 is 0. The van der Waals surface area contributed by atoms with E-state index in [0.29, 0.717) is 23.7 Å². The molecule has 0 saturated heterocycles. The van der Waals surface area contributed by atoms with Crippen LogP contribution in [0.2, 0.25) is 0 Å². The number of aromatic nitrogens is 4. The van der Waals surface area contributed by atoms with E-state index in [0.717, 1.165) is 35.8 Å². The average molecular weight is 397 g/mol.